The Morgan fingerprint density at radius 2 is 1.92 bits per heavy atom. The molecule has 1 aliphatic heterocycles. The van der Waals surface area contributed by atoms with Crippen LogP contribution in [0.25, 0.3) is 0 Å². The Morgan fingerprint density at radius 3 is 2.56 bits per heavy atom. The Labute approximate surface area is 148 Å². The molecule has 0 aliphatic carbocycles. The van der Waals surface area contributed by atoms with Gasteiger partial charge in [0.1, 0.15) is 5.75 Å². The van der Waals surface area contributed by atoms with E-state index in [-0.39, 0.29) is 5.91 Å². The molecule has 25 heavy (non-hydrogen) atoms. The van der Waals surface area contributed by atoms with E-state index in [1.807, 2.05) is 25.1 Å². The van der Waals surface area contributed by atoms with Crippen molar-refractivity contribution in [3.05, 3.63) is 41.7 Å². The number of hydrogen-bond acceptors (Lipinski definition) is 5. The van der Waals surface area contributed by atoms with E-state index in [1.165, 1.54) is 19.3 Å². The molecule has 1 N–H and O–H groups in total. The van der Waals surface area contributed by atoms with Crippen molar-refractivity contribution in [1.29, 1.82) is 0 Å². The van der Waals surface area contributed by atoms with Crippen LogP contribution in [0, 0.1) is 6.92 Å². The molecule has 1 saturated heterocycles. The van der Waals surface area contributed by atoms with E-state index in [9.17, 15) is 4.79 Å². The van der Waals surface area contributed by atoms with E-state index >= 15 is 0 Å². The van der Waals surface area contributed by atoms with E-state index in [4.69, 9.17) is 4.74 Å². The molecule has 1 fully saturated rings. The van der Waals surface area contributed by atoms with Crippen molar-refractivity contribution in [3.8, 4) is 5.75 Å². The molecule has 6 nitrogen and oxygen atoms in total. The number of rotatable bonds is 5. The van der Waals surface area contributed by atoms with Gasteiger partial charge in [-0.25, -0.2) is 9.97 Å². The minimum atomic E-state index is -0.0844. The van der Waals surface area contributed by atoms with Gasteiger partial charge in [0.05, 0.1) is 31.6 Å². The standard InChI is InChI=1S/C19H24N4O2/c1-14-10-15(6-7-17(14)25-2)11-18(24)22-16-12-20-19(21-13-16)23-8-4-3-5-9-23/h6-7,10,12-13H,3-5,8-9,11H2,1-2H3,(H,22,24). The summed E-state index contributed by atoms with van der Waals surface area (Å²) >= 11 is 0. The molecule has 0 atom stereocenters. The first-order valence-corrected chi connectivity index (χ1v) is 8.66. The molecule has 0 radical (unpaired) electrons. The average Bonchev–Trinajstić information content (AvgIpc) is 2.63. The van der Waals surface area contributed by atoms with E-state index in [1.54, 1.807) is 19.5 Å². The zero-order valence-corrected chi connectivity index (χ0v) is 14.8. The number of benzene rings is 1. The Kier molecular flexibility index (Phi) is 5.48. The molecule has 1 aromatic heterocycles. The smallest absolute Gasteiger partial charge is 0.228 e. The van der Waals surface area contributed by atoms with Crippen LogP contribution in [0.3, 0.4) is 0 Å². The number of anilines is 2. The Hall–Kier alpha value is -2.63. The molecule has 0 unspecified atom stereocenters. The molecule has 0 bridgehead atoms. The lowest BCUT2D eigenvalue weighted by atomic mass is 10.1. The predicted octanol–water partition coefficient (Wildman–Crippen LogP) is 2.97. The second-order valence-corrected chi connectivity index (χ2v) is 6.35. The number of hydrogen-bond donors (Lipinski definition) is 1. The maximum Gasteiger partial charge on any atom is 0.228 e. The summed E-state index contributed by atoms with van der Waals surface area (Å²) in [6, 6.07) is 5.75. The van der Waals surface area contributed by atoms with Gasteiger partial charge >= 0.3 is 0 Å². The summed E-state index contributed by atoms with van der Waals surface area (Å²) in [6.45, 7) is 3.97. The van der Waals surface area contributed by atoms with E-state index in [0.717, 1.165) is 35.9 Å². The third-order valence-electron chi connectivity index (χ3n) is 4.38. The van der Waals surface area contributed by atoms with Gasteiger partial charge in [0.2, 0.25) is 11.9 Å². The van der Waals surface area contributed by atoms with E-state index in [2.05, 4.69) is 20.2 Å². The maximum absolute atomic E-state index is 12.2. The van der Waals surface area contributed by atoms with E-state index < -0.39 is 0 Å². The minimum absolute atomic E-state index is 0.0844. The van der Waals surface area contributed by atoms with Gasteiger partial charge in [-0.15, -0.1) is 0 Å². The largest absolute Gasteiger partial charge is 0.496 e. The first-order valence-electron chi connectivity index (χ1n) is 8.66. The first-order chi connectivity index (χ1) is 12.2. The molecule has 3 rings (SSSR count). The van der Waals surface area contributed by atoms with Crippen LogP contribution in [-0.4, -0.2) is 36.1 Å². The summed E-state index contributed by atoms with van der Waals surface area (Å²) in [5.74, 6) is 1.48. The maximum atomic E-state index is 12.2. The van der Waals surface area contributed by atoms with Gasteiger partial charge in [-0.3, -0.25) is 4.79 Å². The monoisotopic (exact) mass is 340 g/mol. The average molecular weight is 340 g/mol. The van der Waals surface area contributed by atoms with E-state index in [0.29, 0.717) is 12.1 Å². The van der Waals surface area contributed by atoms with Gasteiger partial charge in [0, 0.05) is 13.1 Å². The number of methoxy groups -OCH3 is 1. The Morgan fingerprint density at radius 1 is 1.20 bits per heavy atom. The fourth-order valence-electron chi connectivity index (χ4n) is 3.08. The molecule has 1 amide bonds. The second kappa shape index (κ2) is 7.96. The highest BCUT2D eigenvalue weighted by Gasteiger charge is 2.13. The van der Waals surface area contributed by atoms with Crippen molar-refractivity contribution in [1.82, 2.24) is 9.97 Å². The quantitative estimate of drug-likeness (QED) is 0.906. The third-order valence-corrected chi connectivity index (χ3v) is 4.38. The normalized spacial score (nSPS) is 14.2. The van der Waals surface area contributed by atoms with Gasteiger partial charge < -0.3 is 15.0 Å². The number of aromatic nitrogens is 2. The molecule has 2 aromatic rings. The topological polar surface area (TPSA) is 67.3 Å². The van der Waals surface area contributed by atoms with Crippen LogP contribution in [0.5, 0.6) is 5.75 Å². The number of amides is 1. The second-order valence-electron chi connectivity index (χ2n) is 6.35. The summed E-state index contributed by atoms with van der Waals surface area (Å²) in [7, 11) is 1.64. The van der Waals surface area contributed by atoms with Crippen molar-refractivity contribution in [2.75, 3.05) is 30.4 Å². The van der Waals surface area contributed by atoms with Crippen LogP contribution in [0.15, 0.2) is 30.6 Å². The minimum Gasteiger partial charge on any atom is -0.496 e. The Balaban J connectivity index is 1.58. The number of ether oxygens (including phenoxy) is 1. The molecule has 0 spiro atoms. The summed E-state index contributed by atoms with van der Waals surface area (Å²) in [5, 5.41) is 2.85. The summed E-state index contributed by atoms with van der Waals surface area (Å²) < 4.78 is 5.24. The fourth-order valence-corrected chi connectivity index (χ4v) is 3.08. The van der Waals surface area contributed by atoms with Crippen LogP contribution < -0.4 is 15.0 Å². The van der Waals surface area contributed by atoms with Gasteiger partial charge in [-0.1, -0.05) is 12.1 Å². The molecule has 0 saturated carbocycles. The molecule has 132 valence electrons. The highest BCUT2D eigenvalue weighted by atomic mass is 16.5. The summed E-state index contributed by atoms with van der Waals surface area (Å²) in [4.78, 5) is 23.2. The third kappa shape index (κ3) is 4.47. The van der Waals surface area contributed by atoms with Crippen molar-refractivity contribution in [2.24, 2.45) is 0 Å². The highest BCUT2D eigenvalue weighted by Crippen LogP contribution is 2.19. The molecular weight excluding hydrogens is 316 g/mol. The number of carbonyl (C=O) groups is 1. The molecule has 2 heterocycles. The number of nitrogens with zero attached hydrogens (tertiary/aromatic N) is 3. The van der Waals surface area contributed by atoms with Gasteiger partial charge in [0.15, 0.2) is 0 Å². The molecular formula is C19H24N4O2. The first kappa shape index (κ1) is 17.2. The van der Waals surface area contributed by atoms with Crippen molar-refractivity contribution in [3.63, 3.8) is 0 Å². The molecule has 1 aliphatic rings. The lowest BCUT2D eigenvalue weighted by Crippen LogP contribution is -2.30. The van der Waals surface area contributed by atoms with Crippen LogP contribution in [0.4, 0.5) is 11.6 Å². The summed E-state index contributed by atoms with van der Waals surface area (Å²) in [5.41, 5.74) is 2.58. The number of aryl methyl sites for hydroxylation is 1. The number of carbonyl (C=O) groups excluding carboxylic acids is 1. The molecule has 1 aromatic carbocycles. The highest BCUT2D eigenvalue weighted by molar-refractivity contribution is 5.92. The van der Waals surface area contributed by atoms with Crippen LogP contribution >= 0.6 is 0 Å². The van der Waals surface area contributed by atoms with Crippen LogP contribution in [0.1, 0.15) is 30.4 Å². The van der Waals surface area contributed by atoms with Gasteiger partial charge in [-0.2, -0.15) is 0 Å². The predicted molar refractivity (Wildman–Crippen MR) is 98.2 cm³/mol. The Bertz CT molecular complexity index is 725. The lowest BCUT2D eigenvalue weighted by molar-refractivity contribution is -0.115. The SMILES string of the molecule is COc1ccc(CC(=O)Nc2cnc(N3CCCCC3)nc2)cc1C. The fraction of sp³-hybridized carbons (Fsp3) is 0.421. The lowest BCUT2D eigenvalue weighted by Gasteiger charge is -2.26. The van der Waals surface area contributed by atoms with Crippen molar-refractivity contribution in [2.45, 2.75) is 32.6 Å². The van der Waals surface area contributed by atoms with Gasteiger partial charge in [0.25, 0.3) is 0 Å². The zero-order chi connectivity index (χ0) is 17.6. The van der Waals surface area contributed by atoms with Crippen molar-refractivity contribution >= 4 is 17.5 Å². The van der Waals surface area contributed by atoms with Crippen molar-refractivity contribution < 1.29 is 9.53 Å². The van der Waals surface area contributed by atoms with Crippen LogP contribution in [0.2, 0.25) is 0 Å². The zero-order valence-electron chi connectivity index (χ0n) is 14.8. The van der Waals surface area contributed by atoms with Crippen LogP contribution in [-0.2, 0) is 11.2 Å². The van der Waals surface area contributed by atoms with Gasteiger partial charge in [-0.05, 0) is 43.4 Å². The number of nitrogens with one attached hydrogen (secondary N) is 1. The number of piperidine rings is 1. The summed E-state index contributed by atoms with van der Waals surface area (Å²) in [6.07, 6.45) is 7.29. The molecule has 6 heteroatoms.